The molecule has 1 heterocycles. The summed E-state index contributed by atoms with van der Waals surface area (Å²) in [6.07, 6.45) is 3.04. The van der Waals surface area contributed by atoms with E-state index >= 15 is 0 Å². The van der Waals surface area contributed by atoms with Gasteiger partial charge in [-0.05, 0) is 29.0 Å². The van der Waals surface area contributed by atoms with Gasteiger partial charge in [0.25, 0.3) is 5.69 Å². The molecule has 0 amide bonds. The summed E-state index contributed by atoms with van der Waals surface area (Å²) in [6.45, 7) is 0. The van der Waals surface area contributed by atoms with Gasteiger partial charge in [0.15, 0.2) is 0 Å². The predicted octanol–water partition coefficient (Wildman–Crippen LogP) is 2.35. The molecule has 0 aliphatic heterocycles. The van der Waals surface area contributed by atoms with Crippen molar-refractivity contribution >= 4 is 62.8 Å². The van der Waals surface area contributed by atoms with Gasteiger partial charge in [-0.2, -0.15) is 0 Å². The molecular weight excluding hydrogens is 283 g/mol. The van der Waals surface area contributed by atoms with E-state index in [4.69, 9.17) is 5.11 Å². The zero-order valence-corrected chi connectivity index (χ0v) is 10.1. The molecule has 0 aliphatic rings. The minimum atomic E-state index is -1.07. The fraction of sp³-hybridized carbons (Fsp3) is 0. The number of aromatic nitrogens is 1. The number of fused-ring (bicyclic) bond motifs is 3. The number of nitro benzene ring substituents is 1. The average molecular weight is 292 g/mol. The molecule has 0 atom stereocenters. The van der Waals surface area contributed by atoms with E-state index in [0.717, 1.165) is 5.39 Å². The van der Waals surface area contributed by atoms with Crippen LogP contribution in [0.3, 0.4) is 0 Å². The monoisotopic (exact) mass is 292 g/mol. The zero-order chi connectivity index (χ0) is 14.3. The Hall–Kier alpha value is -2.02. The molecule has 0 radical (unpaired) electrons. The second-order valence-corrected chi connectivity index (χ2v) is 4.32. The Labute approximate surface area is 140 Å². The standard InChI is InChI=1S/C14H8N2O4.Na.H/c17-14(18)8-1-2-10-9(5-8)6-13(16(19)20)11-3-4-15-7-12(10)11;;/h1-7H,(H,17,18);;. The van der Waals surface area contributed by atoms with Crippen LogP contribution in [-0.2, 0) is 0 Å². The maximum atomic E-state index is 11.1. The molecule has 0 bridgehead atoms. The summed E-state index contributed by atoms with van der Waals surface area (Å²) in [5.41, 5.74) is 0.0347. The topological polar surface area (TPSA) is 93.3 Å². The van der Waals surface area contributed by atoms with Crippen molar-refractivity contribution < 1.29 is 14.8 Å². The van der Waals surface area contributed by atoms with Gasteiger partial charge in [-0.25, -0.2) is 4.79 Å². The Morgan fingerprint density at radius 1 is 1.14 bits per heavy atom. The molecule has 6 nitrogen and oxygen atoms in total. The van der Waals surface area contributed by atoms with Crippen molar-refractivity contribution in [3.63, 3.8) is 0 Å². The average Bonchev–Trinajstić information content (AvgIpc) is 2.45. The first-order valence-corrected chi connectivity index (χ1v) is 5.76. The van der Waals surface area contributed by atoms with Crippen LogP contribution < -0.4 is 0 Å². The molecular formula is C14H9N2NaO4. The van der Waals surface area contributed by atoms with E-state index in [2.05, 4.69) is 4.98 Å². The van der Waals surface area contributed by atoms with Crippen LogP contribution in [-0.4, -0.2) is 50.5 Å². The van der Waals surface area contributed by atoms with Gasteiger partial charge in [0.05, 0.1) is 15.9 Å². The first kappa shape index (κ1) is 15.4. The van der Waals surface area contributed by atoms with Crippen LogP contribution in [0.1, 0.15) is 10.4 Å². The second-order valence-electron chi connectivity index (χ2n) is 4.32. The molecule has 0 aliphatic carbocycles. The number of carboxylic acid groups (broad SMARTS) is 1. The van der Waals surface area contributed by atoms with E-state index < -0.39 is 10.9 Å². The van der Waals surface area contributed by atoms with Gasteiger partial charge in [0, 0.05) is 23.8 Å². The molecule has 0 saturated heterocycles. The van der Waals surface area contributed by atoms with Crippen LogP contribution in [0.4, 0.5) is 5.69 Å². The van der Waals surface area contributed by atoms with Crippen LogP contribution in [0.15, 0.2) is 42.7 Å². The molecule has 0 saturated carbocycles. The molecule has 3 aromatic rings. The number of rotatable bonds is 2. The normalized spacial score (nSPS) is 10.3. The van der Waals surface area contributed by atoms with Crippen molar-refractivity contribution in [3.8, 4) is 0 Å². The second kappa shape index (κ2) is 5.77. The third kappa shape index (κ3) is 2.61. The summed E-state index contributed by atoms with van der Waals surface area (Å²) in [6, 6.07) is 7.52. The van der Waals surface area contributed by atoms with Crippen LogP contribution in [0.25, 0.3) is 21.5 Å². The van der Waals surface area contributed by atoms with Crippen molar-refractivity contribution in [2.75, 3.05) is 0 Å². The number of benzene rings is 2. The molecule has 0 unspecified atom stereocenters. The van der Waals surface area contributed by atoms with Crippen LogP contribution in [0.2, 0.25) is 0 Å². The summed E-state index contributed by atoms with van der Waals surface area (Å²) in [5.74, 6) is -1.07. The van der Waals surface area contributed by atoms with E-state index in [0.29, 0.717) is 16.2 Å². The minimum absolute atomic E-state index is 0. The first-order valence-electron chi connectivity index (χ1n) is 5.76. The fourth-order valence-corrected chi connectivity index (χ4v) is 2.27. The Balaban J connectivity index is 0.00000161. The molecule has 0 fully saturated rings. The number of hydrogen-bond donors (Lipinski definition) is 1. The van der Waals surface area contributed by atoms with E-state index in [-0.39, 0.29) is 40.8 Å². The van der Waals surface area contributed by atoms with Gasteiger partial charge in [0.1, 0.15) is 0 Å². The number of carboxylic acids is 1. The number of nitro groups is 1. The van der Waals surface area contributed by atoms with Crippen molar-refractivity contribution in [2.24, 2.45) is 0 Å². The SMILES string of the molecule is O=C(O)c1ccc2c(c1)cc([N+](=O)[O-])c1ccncc12.[NaH]. The molecule has 3 rings (SSSR count). The van der Waals surface area contributed by atoms with E-state index in [9.17, 15) is 14.9 Å². The van der Waals surface area contributed by atoms with Crippen molar-refractivity contribution in [1.82, 2.24) is 4.98 Å². The Kier molecular flexibility index (Phi) is 4.22. The first-order chi connectivity index (χ1) is 9.58. The van der Waals surface area contributed by atoms with E-state index in [1.54, 1.807) is 18.3 Å². The molecule has 7 heteroatoms. The summed E-state index contributed by atoms with van der Waals surface area (Å²) in [7, 11) is 0. The maximum absolute atomic E-state index is 11.1. The number of non-ortho nitro benzene ring substituents is 1. The Morgan fingerprint density at radius 3 is 2.57 bits per heavy atom. The van der Waals surface area contributed by atoms with Gasteiger partial charge in [-0.1, -0.05) is 6.07 Å². The summed E-state index contributed by atoms with van der Waals surface area (Å²) in [5, 5.41) is 22.5. The third-order valence-corrected chi connectivity index (χ3v) is 3.17. The molecule has 1 aromatic heterocycles. The number of aromatic carboxylic acids is 1. The number of nitrogens with zero attached hydrogens (tertiary/aromatic N) is 2. The Morgan fingerprint density at radius 2 is 1.90 bits per heavy atom. The summed E-state index contributed by atoms with van der Waals surface area (Å²) >= 11 is 0. The van der Waals surface area contributed by atoms with Gasteiger partial charge in [-0.3, -0.25) is 15.1 Å². The van der Waals surface area contributed by atoms with Gasteiger partial charge in [0.2, 0.25) is 0 Å². The predicted molar refractivity (Wildman–Crippen MR) is 80.0 cm³/mol. The quantitative estimate of drug-likeness (QED) is 0.338. The van der Waals surface area contributed by atoms with Crippen molar-refractivity contribution in [1.29, 1.82) is 0 Å². The summed E-state index contributed by atoms with van der Waals surface area (Å²) in [4.78, 5) is 25.6. The molecule has 100 valence electrons. The van der Waals surface area contributed by atoms with Gasteiger partial charge >= 0.3 is 35.5 Å². The number of hydrogen-bond acceptors (Lipinski definition) is 4. The van der Waals surface area contributed by atoms with Crippen LogP contribution in [0, 0.1) is 10.1 Å². The molecule has 21 heavy (non-hydrogen) atoms. The summed E-state index contributed by atoms with van der Waals surface area (Å²) < 4.78 is 0. The van der Waals surface area contributed by atoms with E-state index in [1.807, 2.05) is 0 Å². The van der Waals surface area contributed by atoms with Crippen LogP contribution in [0.5, 0.6) is 0 Å². The number of carbonyl (C=O) groups is 1. The van der Waals surface area contributed by atoms with Crippen molar-refractivity contribution in [3.05, 3.63) is 58.4 Å². The van der Waals surface area contributed by atoms with Crippen LogP contribution >= 0.6 is 0 Å². The Bertz CT molecular complexity index is 879. The van der Waals surface area contributed by atoms with E-state index in [1.165, 1.54) is 24.4 Å². The number of pyridine rings is 1. The molecule has 0 spiro atoms. The molecule has 2 aromatic carbocycles. The fourth-order valence-electron chi connectivity index (χ4n) is 2.27. The van der Waals surface area contributed by atoms with Gasteiger partial charge in [-0.15, -0.1) is 0 Å². The third-order valence-electron chi connectivity index (χ3n) is 3.17. The zero-order valence-electron chi connectivity index (χ0n) is 10.1. The molecule has 1 N–H and O–H groups in total. The van der Waals surface area contributed by atoms with Crippen molar-refractivity contribution in [2.45, 2.75) is 0 Å². The van der Waals surface area contributed by atoms with Gasteiger partial charge < -0.3 is 5.11 Å².